The van der Waals surface area contributed by atoms with Crippen LogP contribution in [0.5, 0.6) is 0 Å². The summed E-state index contributed by atoms with van der Waals surface area (Å²) in [6.45, 7) is 1.94. The largest absolute Gasteiger partial charge is 0.383 e. The lowest BCUT2D eigenvalue weighted by molar-refractivity contribution is 0.224. The standard InChI is InChI=1S/C11H11NOS/c1-8-12-7-10(14-8)11(13)9-5-3-2-4-6-9/h2-7,11,13H,1H3. The summed E-state index contributed by atoms with van der Waals surface area (Å²) < 4.78 is 0. The fourth-order valence-corrected chi connectivity index (χ4v) is 2.10. The van der Waals surface area contributed by atoms with Gasteiger partial charge in [0.05, 0.1) is 9.88 Å². The second-order valence-electron chi connectivity index (χ2n) is 3.09. The Hall–Kier alpha value is -1.19. The van der Waals surface area contributed by atoms with Gasteiger partial charge in [0.15, 0.2) is 0 Å². The maximum absolute atomic E-state index is 9.98. The second-order valence-corrected chi connectivity index (χ2v) is 4.36. The summed E-state index contributed by atoms with van der Waals surface area (Å²) in [6, 6.07) is 9.62. The third kappa shape index (κ3) is 1.84. The Balaban J connectivity index is 2.29. The van der Waals surface area contributed by atoms with Crippen LogP contribution in [-0.4, -0.2) is 10.1 Å². The smallest absolute Gasteiger partial charge is 0.115 e. The van der Waals surface area contributed by atoms with Gasteiger partial charge in [-0.05, 0) is 12.5 Å². The molecule has 0 aliphatic rings. The Morgan fingerprint density at radius 1 is 1.29 bits per heavy atom. The van der Waals surface area contributed by atoms with Crippen molar-refractivity contribution < 1.29 is 5.11 Å². The Bertz CT molecular complexity index is 410. The van der Waals surface area contributed by atoms with Gasteiger partial charge in [0.25, 0.3) is 0 Å². The minimum atomic E-state index is -0.539. The molecule has 1 aromatic carbocycles. The Morgan fingerprint density at radius 2 is 2.00 bits per heavy atom. The minimum Gasteiger partial charge on any atom is -0.383 e. The van der Waals surface area contributed by atoms with Gasteiger partial charge in [-0.3, -0.25) is 0 Å². The molecule has 0 amide bonds. The van der Waals surface area contributed by atoms with Gasteiger partial charge in [0, 0.05) is 6.20 Å². The lowest BCUT2D eigenvalue weighted by Gasteiger charge is -2.06. The number of aryl methyl sites for hydroxylation is 1. The highest BCUT2D eigenvalue weighted by Gasteiger charge is 2.11. The number of thiazole rings is 1. The number of hydrogen-bond acceptors (Lipinski definition) is 3. The number of rotatable bonds is 2. The Kier molecular flexibility index (Phi) is 2.61. The van der Waals surface area contributed by atoms with Gasteiger partial charge in [-0.25, -0.2) is 4.98 Å². The number of aliphatic hydroxyl groups is 1. The van der Waals surface area contributed by atoms with Gasteiger partial charge in [-0.1, -0.05) is 30.3 Å². The molecule has 0 bridgehead atoms. The van der Waals surface area contributed by atoms with Gasteiger partial charge in [0.2, 0.25) is 0 Å². The summed E-state index contributed by atoms with van der Waals surface area (Å²) in [4.78, 5) is 5.02. The first-order chi connectivity index (χ1) is 6.77. The van der Waals surface area contributed by atoms with E-state index < -0.39 is 6.10 Å². The van der Waals surface area contributed by atoms with E-state index in [2.05, 4.69) is 4.98 Å². The quantitative estimate of drug-likeness (QED) is 0.817. The summed E-state index contributed by atoms with van der Waals surface area (Å²) in [5.41, 5.74) is 0.913. The zero-order valence-corrected chi connectivity index (χ0v) is 8.66. The first-order valence-corrected chi connectivity index (χ1v) is 5.24. The molecule has 1 aromatic heterocycles. The molecule has 1 atom stereocenters. The molecule has 0 aliphatic carbocycles. The molecule has 1 N–H and O–H groups in total. The van der Waals surface area contributed by atoms with Crippen molar-refractivity contribution in [3.8, 4) is 0 Å². The number of nitrogens with zero attached hydrogens (tertiary/aromatic N) is 1. The van der Waals surface area contributed by atoms with Crippen molar-refractivity contribution in [1.82, 2.24) is 4.98 Å². The molecule has 2 rings (SSSR count). The number of aromatic nitrogens is 1. The van der Waals surface area contributed by atoms with E-state index in [0.29, 0.717) is 0 Å². The third-order valence-electron chi connectivity index (χ3n) is 2.02. The molecule has 2 aromatic rings. The molecule has 3 heteroatoms. The predicted octanol–water partition coefficient (Wildman–Crippen LogP) is 2.53. The van der Waals surface area contributed by atoms with Gasteiger partial charge < -0.3 is 5.11 Å². The molecule has 0 saturated carbocycles. The fraction of sp³-hybridized carbons (Fsp3) is 0.182. The van der Waals surface area contributed by atoms with Crippen LogP contribution < -0.4 is 0 Å². The van der Waals surface area contributed by atoms with Crippen molar-refractivity contribution in [3.05, 3.63) is 52.0 Å². The van der Waals surface area contributed by atoms with Crippen LogP contribution in [0.25, 0.3) is 0 Å². The van der Waals surface area contributed by atoms with Crippen LogP contribution in [0.4, 0.5) is 0 Å². The lowest BCUT2D eigenvalue weighted by Crippen LogP contribution is -1.95. The van der Waals surface area contributed by atoms with Crippen LogP contribution in [0.1, 0.15) is 21.6 Å². The van der Waals surface area contributed by atoms with E-state index in [1.165, 1.54) is 11.3 Å². The van der Waals surface area contributed by atoms with Crippen LogP contribution >= 0.6 is 11.3 Å². The van der Waals surface area contributed by atoms with Crippen LogP contribution in [0, 0.1) is 6.92 Å². The first kappa shape index (κ1) is 9.37. The molecular formula is C11H11NOS. The molecule has 0 spiro atoms. The van der Waals surface area contributed by atoms with E-state index in [0.717, 1.165) is 15.4 Å². The van der Waals surface area contributed by atoms with Crippen molar-refractivity contribution in [2.24, 2.45) is 0 Å². The van der Waals surface area contributed by atoms with Gasteiger partial charge in [-0.2, -0.15) is 0 Å². The molecule has 72 valence electrons. The van der Waals surface area contributed by atoms with E-state index in [4.69, 9.17) is 0 Å². The molecule has 1 unspecified atom stereocenters. The van der Waals surface area contributed by atoms with Crippen LogP contribution in [0.3, 0.4) is 0 Å². The van der Waals surface area contributed by atoms with E-state index in [1.54, 1.807) is 6.20 Å². The predicted molar refractivity (Wildman–Crippen MR) is 57.4 cm³/mol. The van der Waals surface area contributed by atoms with Crippen LogP contribution in [0.2, 0.25) is 0 Å². The molecule has 1 heterocycles. The first-order valence-electron chi connectivity index (χ1n) is 4.42. The molecule has 2 nitrogen and oxygen atoms in total. The SMILES string of the molecule is Cc1ncc(C(O)c2ccccc2)s1. The van der Waals surface area contributed by atoms with E-state index in [9.17, 15) is 5.11 Å². The van der Waals surface area contributed by atoms with Crippen molar-refractivity contribution in [1.29, 1.82) is 0 Å². The van der Waals surface area contributed by atoms with E-state index in [-0.39, 0.29) is 0 Å². The molecule has 0 radical (unpaired) electrons. The fourth-order valence-electron chi connectivity index (χ4n) is 1.30. The summed E-state index contributed by atoms with van der Waals surface area (Å²) in [5.74, 6) is 0. The van der Waals surface area contributed by atoms with Crippen molar-refractivity contribution >= 4 is 11.3 Å². The maximum atomic E-state index is 9.98. The van der Waals surface area contributed by atoms with Gasteiger partial charge >= 0.3 is 0 Å². The highest BCUT2D eigenvalue weighted by molar-refractivity contribution is 7.11. The van der Waals surface area contributed by atoms with E-state index >= 15 is 0 Å². The highest BCUT2D eigenvalue weighted by atomic mass is 32.1. The number of aliphatic hydroxyl groups excluding tert-OH is 1. The average molecular weight is 205 g/mol. The van der Waals surface area contributed by atoms with Crippen molar-refractivity contribution in [2.45, 2.75) is 13.0 Å². The zero-order chi connectivity index (χ0) is 9.97. The zero-order valence-electron chi connectivity index (χ0n) is 7.84. The summed E-state index contributed by atoms with van der Waals surface area (Å²) in [5, 5.41) is 11.0. The number of hydrogen-bond donors (Lipinski definition) is 1. The normalized spacial score (nSPS) is 12.7. The summed E-state index contributed by atoms with van der Waals surface area (Å²) >= 11 is 1.53. The van der Waals surface area contributed by atoms with Crippen LogP contribution in [0.15, 0.2) is 36.5 Å². The molecule has 14 heavy (non-hydrogen) atoms. The van der Waals surface area contributed by atoms with Gasteiger partial charge in [-0.15, -0.1) is 11.3 Å². The second kappa shape index (κ2) is 3.90. The van der Waals surface area contributed by atoms with Crippen LogP contribution in [-0.2, 0) is 0 Å². The monoisotopic (exact) mass is 205 g/mol. The maximum Gasteiger partial charge on any atom is 0.115 e. The lowest BCUT2D eigenvalue weighted by atomic mass is 10.1. The van der Waals surface area contributed by atoms with Crippen molar-refractivity contribution in [2.75, 3.05) is 0 Å². The minimum absolute atomic E-state index is 0.539. The topological polar surface area (TPSA) is 33.1 Å². The third-order valence-corrected chi connectivity index (χ3v) is 2.99. The Labute approximate surface area is 86.9 Å². The Morgan fingerprint density at radius 3 is 2.57 bits per heavy atom. The molecule has 0 fully saturated rings. The summed E-state index contributed by atoms with van der Waals surface area (Å²) in [6.07, 6.45) is 1.19. The van der Waals surface area contributed by atoms with Crippen molar-refractivity contribution in [3.63, 3.8) is 0 Å². The molecule has 0 saturated heterocycles. The van der Waals surface area contributed by atoms with E-state index in [1.807, 2.05) is 37.3 Å². The average Bonchev–Trinajstić information content (AvgIpc) is 2.65. The number of benzene rings is 1. The molecular weight excluding hydrogens is 194 g/mol. The highest BCUT2D eigenvalue weighted by Crippen LogP contribution is 2.25. The summed E-state index contributed by atoms with van der Waals surface area (Å²) in [7, 11) is 0. The molecule has 0 aliphatic heterocycles. The van der Waals surface area contributed by atoms with Gasteiger partial charge in [0.1, 0.15) is 6.10 Å².